The molecule has 1 fully saturated rings. The zero-order valence-corrected chi connectivity index (χ0v) is 12.0. The molecule has 1 aromatic rings. The highest BCUT2D eigenvalue weighted by atomic mass is 32.1. The molecule has 0 bridgehead atoms. The first-order valence-electron chi connectivity index (χ1n) is 6.80. The van der Waals surface area contributed by atoms with Gasteiger partial charge in [0.05, 0.1) is 0 Å². The molecule has 0 spiro atoms. The minimum atomic E-state index is -0.150. The van der Waals surface area contributed by atoms with Crippen LogP contribution in [0.1, 0.15) is 31.7 Å². The van der Waals surface area contributed by atoms with E-state index in [4.69, 9.17) is 12.2 Å². The smallest absolute Gasteiger partial charge is 0.278 e. The van der Waals surface area contributed by atoms with Gasteiger partial charge in [-0.1, -0.05) is 42.5 Å². The molecule has 0 radical (unpaired) electrons. The summed E-state index contributed by atoms with van der Waals surface area (Å²) >= 11 is 5.07. The molecule has 1 aromatic carbocycles. The Balaban J connectivity index is 1.69. The lowest BCUT2D eigenvalue weighted by Crippen LogP contribution is -2.43. The Bertz CT molecular complexity index is 443. The highest BCUT2D eigenvalue weighted by Gasteiger charge is 2.24. The number of amides is 1. The van der Waals surface area contributed by atoms with Gasteiger partial charge in [-0.3, -0.25) is 4.79 Å². The highest BCUT2D eigenvalue weighted by Crippen LogP contribution is 2.18. The van der Waals surface area contributed by atoms with Crippen molar-refractivity contribution in [1.29, 1.82) is 0 Å². The lowest BCUT2D eigenvalue weighted by atomic mass is 10.1. The summed E-state index contributed by atoms with van der Waals surface area (Å²) in [4.78, 5) is 12.1. The van der Waals surface area contributed by atoms with Crippen LogP contribution in [0.4, 0.5) is 0 Å². The molecule has 1 saturated carbocycles. The van der Waals surface area contributed by atoms with Crippen LogP contribution >= 0.6 is 12.2 Å². The molecule has 2 N–H and O–H groups in total. The van der Waals surface area contributed by atoms with Gasteiger partial charge in [-0.05, 0) is 38.2 Å². The monoisotopic (exact) mass is 276 g/mol. The van der Waals surface area contributed by atoms with Gasteiger partial charge in [0.2, 0.25) is 0 Å². The molecule has 3 nitrogen and oxygen atoms in total. The number of hydrogen-bond acceptors (Lipinski definition) is 2. The largest absolute Gasteiger partial charge is 0.369 e. The summed E-state index contributed by atoms with van der Waals surface area (Å²) in [7, 11) is 0. The van der Waals surface area contributed by atoms with Gasteiger partial charge < -0.3 is 10.6 Å². The van der Waals surface area contributed by atoms with Crippen molar-refractivity contribution < 1.29 is 4.79 Å². The predicted octanol–water partition coefficient (Wildman–Crippen LogP) is 2.20. The van der Waals surface area contributed by atoms with E-state index < -0.39 is 0 Å². The van der Waals surface area contributed by atoms with E-state index in [1.165, 1.54) is 5.56 Å². The van der Waals surface area contributed by atoms with Crippen molar-refractivity contribution in [3.05, 3.63) is 35.9 Å². The van der Waals surface area contributed by atoms with E-state index in [1.807, 2.05) is 25.1 Å². The second kappa shape index (κ2) is 6.66. The maximum absolute atomic E-state index is 11.8. The maximum Gasteiger partial charge on any atom is 0.278 e. The average molecular weight is 276 g/mol. The van der Waals surface area contributed by atoms with Gasteiger partial charge in [-0.15, -0.1) is 0 Å². The molecule has 1 atom stereocenters. The van der Waals surface area contributed by atoms with Gasteiger partial charge in [0, 0.05) is 12.1 Å². The van der Waals surface area contributed by atoms with Crippen molar-refractivity contribution in [3.63, 3.8) is 0 Å². The van der Waals surface area contributed by atoms with Crippen molar-refractivity contribution in [2.45, 2.75) is 44.7 Å². The number of hydrogen-bond donors (Lipinski definition) is 2. The number of carbonyl (C=O) groups is 1. The van der Waals surface area contributed by atoms with E-state index in [2.05, 4.69) is 22.8 Å². The summed E-state index contributed by atoms with van der Waals surface area (Å²) in [6, 6.07) is 10.9. The zero-order valence-electron chi connectivity index (χ0n) is 11.2. The molecule has 0 heterocycles. The molecule has 1 unspecified atom stereocenters. The van der Waals surface area contributed by atoms with Crippen LogP contribution in [-0.4, -0.2) is 23.0 Å². The zero-order chi connectivity index (χ0) is 13.7. The summed E-state index contributed by atoms with van der Waals surface area (Å²) in [5, 5.41) is 5.99. The second-order valence-corrected chi connectivity index (χ2v) is 5.55. The molecule has 0 saturated heterocycles. The van der Waals surface area contributed by atoms with Crippen LogP contribution in [0.25, 0.3) is 0 Å². The number of rotatable bonds is 5. The van der Waals surface area contributed by atoms with Gasteiger partial charge >= 0.3 is 0 Å². The molecule has 2 rings (SSSR count). The summed E-state index contributed by atoms with van der Waals surface area (Å²) in [5.41, 5.74) is 1.29. The first-order chi connectivity index (χ1) is 9.15. The minimum absolute atomic E-state index is 0.131. The fourth-order valence-electron chi connectivity index (χ4n) is 1.87. The first kappa shape index (κ1) is 14.0. The van der Waals surface area contributed by atoms with Crippen LogP contribution in [0.3, 0.4) is 0 Å². The van der Waals surface area contributed by atoms with Crippen LogP contribution in [0, 0.1) is 0 Å². The van der Waals surface area contributed by atoms with Crippen LogP contribution < -0.4 is 10.6 Å². The molecule has 0 aliphatic heterocycles. The van der Waals surface area contributed by atoms with Crippen LogP contribution in [0.15, 0.2) is 30.3 Å². The Morgan fingerprint density at radius 2 is 2.05 bits per heavy atom. The number of aryl methyl sites for hydroxylation is 1. The summed E-state index contributed by atoms with van der Waals surface area (Å²) in [6.45, 7) is 2.01. The maximum atomic E-state index is 11.8. The first-order valence-corrected chi connectivity index (χ1v) is 7.21. The lowest BCUT2D eigenvalue weighted by Gasteiger charge is -2.14. The molecular formula is C15H20N2OS. The number of thiocarbonyl (C=S) groups is 1. The van der Waals surface area contributed by atoms with Gasteiger partial charge in [0.25, 0.3) is 5.91 Å². The van der Waals surface area contributed by atoms with Crippen molar-refractivity contribution in [3.8, 4) is 0 Å². The average Bonchev–Trinajstić information content (AvgIpc) is 3.21. The van der Waals surface area contributed by atoms with Crippen LogP contribution in [-0.2, 0) is 11.2 Å². The molecule has 102 valence electrons. The van der Waals surface area contributed by atoms with Crippen molar-refractivity contribution in [2.75, 3.05) is 0 Å². The molecule has 0 aromatic heterocycles. The third-order valence-corrected chi connectivity index (χ3v) is 3.51. The van der Waals surface area contributed by atoms with E-state index in [-0.39, 0.29) is 11.9 Å². The predicted molar refractivity (Wildman–Crippen MR) is 81.1 cm³/mol. The Labute approximate surface area is 119 Å². The summed E-state index contributed by atoms with van der Waals surface area (Å²) in [6.07, 6.45) is 4.13. The van der Waals surface area contributed by atoms with E-state index in [9.17, 15) is 4.79 Å². The number of nitrogens with one attached hydrogen (secondary N) is 2. The van der Waals surface area contributed by atoms with Crippen molar-refractivity contribution in [1.82, 2.24) is 10.6 Å². The van der Waals surface area contributed by atoms with Crippen molar-refractivity contribution in [2.24, 2.45) is 0 Å². The fraction of sp³-hybridized carbons (Fsp3) is 0.467. The van der Waals surface area contributed by atoms with Gasteiger partial charge in [0.1, 0.15) is 0 Å². The van der Waals surface area contributed by atoms with E-state index in [0.29, 0.717) is 11.0 Å². The minimum Gasteiger partial charge on any atom is -0.369 e. The van der Waals surface area contributed by atoms with Gasteiger partial charge in [0.15, 0.2) is 4.99 Å². The summed E-state index contributed by atoms with van der Waals surface area (Å²) in [5.74, 6) is -0.150. The van der Waals surface area contributed by atoms with Crippen LogP contribution in [0.5, 0.6) is 0 Å². The van der Waals surface area contributed by atoms with E-state index in [1.54, 1.807) is 0 Å². The topological polar surface area (TPSA) is 41.1 Å². The summed E-state index contributed by atoms with van der Waals surface area (Å²) < 4.78 is 0. The molecule has 1 amide bonds. The number of benzene rings is 1. The standard InChI is InChI=1S/C15H20N2OS/c1-11(7-8-12-5-3-2-4-6-12)16-14(18)15(19)17-13-9-10-13/h2-6,11,13H,7-10H2,1H3,(H,16,18)(H,17,19). The lowest BCUT2D eigenvalue weighted by molar-refractivity contribution is -0.115. The second-order valence-electron chi connectivity index (χ2n) is 5.15. The third kappa shape index (κ3) is 4.99. The fourth-order valence-corrected chi connectivity index (χ4v) is 2.09. The van der Waals surface area contributed by atoms with E-state index >= 15 is 0 Å². The quantitative estimate of drug-likeness (QED) is 0.810. The SMILES string of the molecule is CC(CCc1ccccc1)NC(=O)C(=S)NC1CC1. The Morgan fingerprint density at radius 3 is 2.68 bits per heavy atom. The van der Waals surface area contributed by atoms with Crippen molar-refractivity contribution >= 4 is 23.1 Å². The van der Waals surface area contributed by atoms with Gasteiger partial charge in [-0.25, -0.2) is 0 Å². The molecule has 19 heavy (non-hydrogen) atoms. The Morgan fingerprint density at radius 1 is 1.37 bits per heavy atom. The van der Waals surface area contributed by atoms with Crippen LogP contribution in [0.2, 0.25) is 0 Å². The van der Waals surface area contributed by atoms with Gasteiger partial charge in [-0.2, -0.15) is 0 Å². The highest BCUT2D eigenvalue weighted by molar-refractivity contribution is 7.82. The molecule has 1 aliphatic rings. The molecule has 4 heteroatoms. The Kier molecular flexibility index (Phi) is 4.91. The molecule has 1 aliphatic carbocycles. The van der Waals surface area contributed by atoms with E-state index in [0.717, 1.165) is 25.7 Å². The molecular weight excluding hydrogens is 256 g/mol. The third-order valence-electron chi connectivity index (χ3n) is 3.21. The normalized spacial score (nSPS) is 15.6. The Hall–Kier alpha value is -1.42. The number of carbonyl (C=O) groups excluding carboxylic acids is 1.